The van der Waals surface area contributed by atoms with Crippen LogP contribution >= 0.6 is 11.6 Å². The summed E-state index contributed by atoms with van der Waals surface area (Å²) in [5.74, 6) is 2.25. The molecule has 0 radical (unpaired) electrons. The number of benzene rings is 6. The number of amides is 3. The van der Waals surface area contributed by atoms with Gasteiger partial charge in [-0.25, -0.2) is 15.0 Å². The monoisotopic (exact) mass is 1600 g/mol. The Morgan fingerprint density at radius 3 is 1.07 bits per heavy atom. The van der Waals surface area contributed by atoms with Gasteiger partial charge in [-0.3, -0.25) is 29.3 Å². The fourth-order valence-corrected chi connectivity index (χ4v) is 17.5. The number of nitrogens with zero attached hydrogens (tertiary/aromatic N) is 9. The molecule has 20 nitrogen and oxygen atoms in total. The van der Waals surface area contributed by atoms with E-state index in [4.69, 9.17) is 35.1 Å². The third-order valence-electron chi connectivity index (χ3n) is 24.5. The van der Waals surface area contributed by atoms with Crippen molar-refractivity contribution in [3.05, 3.63) is 297 Å². The van der Waals surface area contributed by atoms with Crippen molar-refractivity contribution in [1.82, 2.24) is 44.6 Å². The maximum absolute atomic E-state index is 13.5. The molecule has 4 fully saturated rings. The quantitative estimate of drug-likeness (QED) is 0.0534. The van der Waals surface area contributed by atoms with Gasteiger partial charge in [0.1, 0.15) is 19.8 Å². The lowest BCUT2D eigenvalue weighted by Gasteiger charge is -2.35. The van der Waals surface area contributed by atoms with Gasteiger partial charge < -0.3 is 53.5 Å². The van der Waals surface area contributed by atoms with Gasteiger partial charge in [0.15, 0.2) is 0 Å². The first kappa shape index (κ1) is 80.7. The van der Waals surface area contributed by atoms with E-state index in [0.717, 1.165) is 176 Å². The molecule has 6 aromatic heterocycles. The molecule has 0 unspecified atom stereocenters. The van der Waals surface area contributed by atoms with Crippen molar-refractivity contribution in [3.8, 4) is 17.6 Å². The first-order chi connectivity index (χ1) is 57.4. The molecule has 3 saturated carbocycles. The minimum atomic E-state index is -0.561. The van der Waals surface area contributed by atoms with E-state index in [-0.39, 0.29) is 35.8 Å². The Morgan fingerprint density at radius 1 is 0.398 bits per heavy atom. The minimum Gasteiger partial charge on any atom is -0.473 e. The van der Waals surface area contributed by atoms with Crippen molar-refractivity contribution < 1.29 is 53.2 Å². The van der Waals surface area contributed by atoms with Gasteiger partial charge in [0.2, 0.25) is 17.6 Å². The van der Waals surface area contributed by atoms with E-state index < -0.39 is 36.6 Å². The lowest BCUT2D eigenvalue weighted by atomic mass is 9.75. The summed E-state index contributed by atoms with van der Waals surface area (Å²) >= 11 is 5.67. The van der Waals surface area contributed by atoms with Crippen molar-refractivity contribution in [1.29, 1.82) is 0 Å². The van der Waals surface area contributed by atoms with Gasteiger partial charge in [-0.2, -0.15) is 0 Å². The van der Waals surface area contributed by atoms with E-state index in [1.54, 1.807) is 24.8 Å². The Balaban J connectivity index is 0.000000122. The Morgan fingerprint density at radius 2 is 0.729 bits per heavy atom. The van der Waals surface area contributed by atoms with Crippen molar-refractivity contribution in [3.63, 3.8) is 0 Å². The molecule has 6 atom stereocenters. The van der Waals surface area contributed by atoms with Crippen LogP contribution in [-0.2, 0) is 67.5 Å². The zero-order chi connectivity index (χ0) is 81.4. The van der Waals surface area contributed by atoms with Crippen molar-refractivity contribution >= 4 is 74.6 Å². The summed E-state index contributed by atoms with van der Waals surface area (Å²) in [6, 6.07) is 59.2. The van der Waals surface area contributed by atoms with Crippen molar-refractivity contribution in [2.75, 3.05) is 0 Å². The number of hydrogen-bond donors (Lipinski definition) is 3. The van der Waals surface area contributed by atoms with Crippen LogP contribution in [0.25, 0.3) is 32.7 Å². The molecule has 1 saturated heterocycles. The average molecular weight is 1600 g/mol. The highest BCUT2D eigenvalue weighted by Crippen LogP contribution is 2.42. The van der Waals surface area contributed by atoms with E-state index in [1.165, 1.54) is 0 Å². The summed E-state index contributed by atoms with van der Waals surface area (Å²) in [5, 5.41) is 34.8. The van der Waals surface area contributed by atoms with E-state index >= 15 is 0 Å². The SMILES string of the molecule is CC1(C)OB(c2cc3c(c4ncccc24)CN([C@H]2CCCC[C@@H]2O)C3=O)OC1(C)C.ClCc1ccc(OCc2ccccc2)nc1.O=C1c2cc(Cc3ccc(OCc4ccccc4)nc3)c3cccnc3c2CN1[C@H]1CCCC[C@@H]1O.O=C1c2cc(Cc3ccc(OCc4ccccc4)nc3)c3cccnc3c2CN1[C@H]1CCCC[C@@H]1O. The van der Waals surface area contributed by atoms with Gasteiger partial charge >= 0.3 is 7.12 Å². The van der Waals surface area contributed by atoms with Gasteiger partial charge in [0.05, 0.1) is 64.2 Å². The largest absolute Gasteiger partial charge is 0.495 e. The van der Waals surface area contributed by atoms with Crippen LogP contribution in [0, 0.1) is 0 Å². The van der Waals surface area contributed by atoms with E-state index in [1.807, 2.05) is 225 Å². The summed E-state index contributed by atoms with van der Waals surface area (Å²) in [5.41, 5.74) is 16.0. The lowest BCUT2D eigenvalue weighted by molar-refractivity contribution is 0.00578. The van der Waals surface area contributed by atoms with E-state index in [0.29, 0.717) is 92.5 Å². The third-order valence-corrected chi connectivity index (χ3v) is 24.8. The van der Waals surface area contributed by atoms with E-state index in [9.17, 15) is 29.7 Å². The molecule has 6 aromatic carbocycles. The number of alkyl halides is 1. The number of aliphatic hydroxyl groups is 3. The molecule has 118 heavy (non-hydrogen) atoms. The molecule has 4 aliphatic heterocycles. The highest BCUT2D eigenvalue weighted by atomic mass is 35.5. The zero-order valence-corrected chi connectivity index (χ0v) is 67.9. The predicted molar refractivity (Wildman–Crippen MR) is 456 cm³/mol. The molecular weight excluding hydrogens is 1500 g/mol. The summed E-state index contributed by atoms with van der Waals surface area (Å²) < 4.78 is 29.8. The van der Waals surface area contributed by atoms with Crippen LogP contribution in [-0.4, -0.2) is 132 Å². The van der Waals surface area contributed by atoms with Gasteiger partial charge in [-0.1, -0.05) is 166 Å². The maximum atomic E-state index is 13.5. The average Bonchev–Trinajstić information content (AvgIpc) is 1.58. The third kappa shape index (κ3) is 17.7. The maximum Gasteiger partial charge on any atom is 0.495 e. The Labute approximate surface area is 693 Å². The molecule has 0 bridgehead atoms. The number of carbonyl (C=O) groups is 3. The summed E-state index contributed by atoms with van der Waals surface area (Å²) in [6.45, 7) is 11.1. The van der Waals surface area contributed by atoms with Crippen LogP contribution in [0.3, 0.4) is 0 Å². The molecule has 12 aromatic rings. The fraction of sp³-hybridized carbons (Fsp3) is 0.344. The van der Waals surface area contributed by atoms with Crippen molar-refractivity contribution in [2.45, 2.75) is 211 Å². The Kier molecular flexibility index (Phi) is 24.7. The second-order valence-corrected chi connectivity index (χ2v) is 33.1. The second-order valence-electron chi connectivity index (χ2n) is 32.8. The molecule has 22 heteroatoms. The van der Waals surface area contributed by atoms with E-state index in [2.05, 4.69) is 42.0 Å². The number of fused-ring (bicyclic) bond motifs is 9. The topological polar surface area (TPSA) is 245 Å². The number of carbonyl (C=O) groups excluding carboxylic acids is 3. The number of ether oxygens (including phenoxy) is 3. The van der Waals surface area contributed by atoms with Crippen LogP contribution in [0.5, 0.6) is 17.6 Å². The molecule has 604 valence electrons. The van der Waals surface area contributed by atoms with Gasteiger partial charge in [0, 0.05) is 130 Å². The molecule has 10 heterocycles. The predicted octanol–water partition coefficient (Wildman–Crippen LogP) is 16.3. The summed E-state index contributed by atoms with van der Waals surface area (Å²) in [6.07, 6.45) is 21.7. The van der Waals surface area contributed by atoms with Gasteiger partial charge in [0.25, 0.3) is 17.7 Å². The Bertz CT molecular complexity index is 5310. The van der Waals surface area contributed by atoms with Crippen LogP contribution < -0.4 is 19.7 Å². The van der Waals surface area contributed by atoms with Crippen LogP contribution in [0.2, 0.25) is 0 Å². The number of aromatic nitrogens is 6. The molecular formula is C96H99BClN9O11. The number of pyridine rings is 6. The normalized spacial score (nSPS) is 20.3. The first-order valence-electron chi connectivity index (χ1n) is 41.4. The fourth-order valence-electron chi connectivity index (χ4n) is 17.4. The first-order valence-corrected chi connectivity index (χ1v) is 41.9. The number of aliphatic hydroxyl groups excluding tert-OH is 3. The lowest BCUT2D eigenvalue weighted by Crippen LogP contribution is -2.45. The summed E-state index contributed by atoms with van der Waals surface area (Å²) in [7, 11) is -0.561. The Hall–Kier alpha value is -11.0. The molecule has 3 aliphatic carbocycles. The van der Waals surface area contributed by atoms with Gasteiger partial charge in [-0.15, -0.1) is 11.6 Å². The summed E-state index contributed by atoms with van der Waals surface area (Å²) in [4.78, 5) is 73.1. The molecule has 3 N–H and O–H groups in total. The van der Waals surface area contributed by atoms with Crippen LogP contribution in [0.15, 0.2) is 219 Å². The molecule has 0 spiro atoms. The van der Waals surface area contributed by atoms with Gasteiger partial charge in [-0.05, 0) is 165 Å². The molecule has 19 rings (SSSR count). The molecule has 3 amide bonds. The number of rotatable bonds is 18. The second kappa shape index (κ2) is 36.0. The highest BCUT2D eigenvalue weighted by molar-refractivity contribution is 6.65. The smallest absolute Gasteiger partial charge is 0.473 e. The molecule has 7 aliphatic rings. The number of hydrogen-bond acceptors (Lipinski definition) is 17. The highest BCUT2D eigenvalue weighted by Gasteiger charge is 2.53. The van der Waals surface area contributed by atoms with Crippen LogP contribution in [0.1, 0.15) is 197 Å². The zero-order valence-electron chi connectivity index (χ0n) is 67.2. The van der Waals surface area contributed by atoms with Crippen LogP contribution in [0.4, 0.5) is 0 Å². The standard InChI is InChI=1S/2C30H29N3O3.C23H29BN2O4.C13H12ClNO/c2*34-27-11-5-4-10-26(27)33-18-25-24(30(33)35)16-22(23-9-6-14-31-29(23)25)15-21-12-13-28(32-17-21)36-19-20-7-2-1-3-8-20;1-22(2)23(3,4)30-24(29-22)17-12-15-16(20-14(17)8-7-11-25-20)13-26(21(15)28)18-9-5-6-10-19(18)27;14-8-12-6-7-13(15-9-12)16-10-11-4-2-1-3-5-11/h2*1-3,6-9,12-14,16-17,26-27,34H,4-5,10-11,15,18-19H2;7-8,11-12,18-19,27H,5-6,9-10,13H2,1-4H3;1-7,9H,8,10H2/t2*26-,27-;18-,19-;/m000./s1. The minimum absolute atomic E-state index is 0.00698. The number of halogens is 1. The van der Waals surface area contributed by atoms with Crippen molar-refractivity contribution in [2.24, 2.45) is 0 Å².